The van der Waals surface area contributed by atoms with Crippen molar-refractivity contribution in [2.24, 2.45) is 0 Å². The van der Waals surface area contributed by atoms with Crippen molar-refractivity contribution in [1.29, 1.82) is 0 Å². The first kappa shape index (κ1) is 7.95. The normalized spacial score (nSPS) is 10.8. The minimum absolute atomic E-state index is 0.677. The van der Waals surface area contributed by atoms with Gasteiger partial charge in [-0.1, -0.05) is 27.5 Å². The number of H-pyrrole nitrogens is 1. The summed E-state index contributed by atoms with van der Waals surface area (Å²) in [7, 11) is 0. The predicted molar refractivity (Wildman–Crippen MR) is 55.4 cm³/mol. The first-order valence-corrected chi connectivity index (χ1v) is 4.57. The SMILES string of the molecule is Nc1c[nH]c2c(Cl)cc(Br)cc12. The molecule has 0 radical (unpaired) electrons. The van der Waals surface area contributed by atoms with Crippen molar-refractivity contribution in [2.45, 2.75) is 0 Å². The van der Waals surface area contributed by atoms with Gasteiger partial charge in [-0.3, -0.25) is 0 Å². The van der Waals surface area contributed by atoms with E-state index in [-0.39, 0.29) is 0 Å². The molecule has 0 bridgehead atoms. The molecule has 1 aromatic heterocycles. The lowest BCUT2D eigenvalue weighted by Crippen LogP contribution is -1.80. The van der Waals surface area contributed by atoms with Gasteiger partial charge in [-0.15, -0.1) is 0 Å². The molecule has 0 fully saturated rings. The minimum atomic E-state index is 0.677. The Labute approximate surface area is 82.8 Å². The van der Waals surface area contributed by atoms with E-state index in [1.54, 1.807) is 6.20 Å². The topological polar surface area (TPSA) is 41.8 Å². The molecule has 62 valence electrons. The Morgan fingerprint density at radius 1 is 1.42 bits per heavy atom. The van der Waals surface area contributed by atoms with Gasteiger partial charge in [-0.25, -0.2) is 0 Å². The minimum Gasteiger partial charge on any atom is -0.397 e. The van der Waals surface area contributed by atoms with Gasteiger partial charge in [0, 0.05) is 16.1 Å². The Morgan fingerprint density at radius 3 is 2.92 bits per heavy atom. The predicted octanol–water partition coefficient (Wildman–Crippen LogP) is 3.17. The highest BCUT2D eigenvalue weighted by molar-refractivity contribution is 9.10. The van der Waals surface area contributed by atoms with Crippen LogP contribution in [0.25, 0.3) is 10.9 Å². The molecule has 3 N–H and O–H groups in total. The summed E-state index contributed by atoms with van der Waals surface area (Å²) in [5.41, 5.74) is 7.31. The third-order valence-corrected chi connectivity index (χ3v) is 2.49. The Hall–Kier alpha value is -0.670. The van der Waals surface area contributed by atoms with Crippen LogP contribution in [0, 0.1) is 0 Å². The summed E-state index contributed by atoms with van der Waals surface area (Å²) in [4.78, 5) is 3.01. The van der Waals surface area contributed by atoms with Gasteiger partial charge in [0.25, 0.3) is 0 Å². The zero-order valence-electron chi connectivity index (χ0n) is 6.07. The molecule has 2 rings (SSSR count). The van der Waals surface area contributed by atoms with E-state index in [4.69, 9.17) is 17.3 Å². The van der Waals surface area contributed by atoms with E-state index in [2.05, 4.69) is 20.9 Å². The van der Waals surface area contributed by atoms with E-state index in [9.17, 15) is 0 Å². The lowest BCUT2D eigenvalue weighted by Gasteiger charge is -1.96. The Bertz CT molecular complexity index is 436. The average molecular weight is 246 g/mol. The van der Waals surface area contributed by atoms with Gasteiger partial charge in [0.15, 0.2) is 0 Å². The lowest BCUT2D eigenvalue weighted by molar-refractivity contribution is 1.47. The summed E-state index contributed by atoms with van der Waals surface area (Å²) in [6, 6.07) is 3.77. The maximum Gasteiger partial charge on any atom is 0.0665 e. The first-order chi connectivity index (χ1) is 5.68. The number of rotatable bonds is 0. The molecule has 0 saturated carbocycles. The van der Waals surface area contributed by atoms with Gasteiger partial charge in [0.1, 0.15) is 0 Å². The fourth-order valence-electron chi connectivity index (χ4n) is 1.18. The van der Waals surface area contributed by atoms with Crippen molar-refractivity contribution >= 4 is 44.1 Å². The van der Waals surface area contributed by atoms with E-state index >= 15 is 0 Å². The van der Waals surface area contributed by atoms with Crippen molar-refractivity contribution in [1.82, 2.24) is 4.98 Å². The summed E-state index contributed by atoms with van der Waals surface area (Å²) in [5, 5.41) is 1.63. The van der Waals surface area contributed by atoms with Crippen molar-refractivity contribution in [3.8, 4) is 0 Å². The zero-order chi connectivity index (χ0) is 8.72. The van der Waals surface area contributed by atoms with Crippen LogP contribution in [0.4, 0.5) is 5.69 Å². The highest BCUT2D eigenvalue weighted by Crippen LogP contribution is 2.30. The summed E-state index contributed by atoms with van der Waals surface area (Å²) < 4.78 is 0.936. The van der Waals surface area contributed by atoms with Crippen LogP contribution in [0.3, 0.4) is 0 Å². The molecule has 0 amide bonds. The molecule has 12 heavy (non-hydrogen) atoms. The number of halogens is 2. The number of nitrogens with one attached hydrogen (secondary N) is 1. The van der Waals surface area contributed by atoms with Crippen LogP contribution in [0.15, 0.2) is 22.8 Å². The quantitative estimate of drug-likeness (QED) is 0.735. The van der Waals surface area contributed by atoms with Crippen LogP contribution < -0.4 is 5.73 Å². The fourth-order valence-corrected chi connectivity index (χ4v) is 2.04. The molecule has 0 aliphatic carbocycles. The molecule has 0 unspecified atom stereocenters. The number of hydrogen-bond donors (Lipinski definition) is 2. The molecule has 0 aliphatic heterocycles. The fraction of sp³-hybridized carbons (Fsp3) is 0. The summed E-state index contributed by atoms with van der Waals surface area (Å²) in [6.45, 7) is 0. The monoisotopic (exact) mass is 244 g/mol. The van der Waals surface area contributed by atoms with Crippen LogP contribution in [0.2, 0.25) is 5.02 Å². The number of aromatic nitrogens is 1. The highest BCUT2D eigenvalue weighted by Gasteiger charge is 2.04. The third-order valence-electron chi connectivity index (χ3n) is 1.74. The molecule has 0 spiro atoms. The van der Waals surface area contributed by atoms with Crippen molar-refractivity contribution in [2.75, 3.05) is 5.73 Å². The number of fused-ring (bicyclic) bond motifs is 1. The van der Waals surface area contributed by atoms with Gasteiger partial charge in [0.05, 0.1) is 16.2 Å². The maximum atomic E-state index is 5.96. The van der Waals surface area contributed by atoms with Gasteiger partial charge in [0.2, 0.25) is 0 Å². The number of anilines is 1. The molecule has 2 aromatic rings. The van der Waals surface area contributed by atoms with Gasteiger partial charge < -0.3 is 10.7 Å². The third kappa shape index (κ3) is 1.09. The van der Waals surface area contributed by atoms with Crippen LogP contribution >= 0.6 is 27.5 Å². The number of aromatic amines is 1. The van der Waals surface area contributed by atoms with Gasteiger partial charge in [-0.05, 0) is 12.1 Å². The standard InChI is InChI=1S/C8H6BrClN2/c9-4-1-5-7(11)3-12-8(5)6(10)2-4/h1-3,12H,11H2. The molecule has 0 atom stereocenters. The van der Waals surface area contributed by atoms with E-state index in [1.807, 2.05) is 12.1 Å². The first-order valence-electron chi connectivity index (χ1n) is 3.40. The molecule has 1 heterocycles. The van der Waals surface area contributed by atoms with Crippen molar-refractivity contribution in [3.63, 3.8) is 0 Å². The molecular formula is C8H6BrClN2. The molecule has 0 saturated heterocycles. The number of nitrogen functional groups attached to an aromatic ring is 1. The second-order valence-corrected chi connectivity index (χ2v) is 3.88. The van der Waals surface area contributed by atoms with E-state index < -0.39 is 0 Å². The maximum absolute atomic E-state index is 5.96. The Kier molecular flexibility index (Phi) is 1.77. The molecule has 2 nitrogen and oxygen atoms in total. The van der Waals surface area contributed by atoms with Crippen LogP contribution in [0.1, 0.15) is 0 Å². The summed E-state index contributed by atoms with van der Waals surface area (Å²) in [6.07, 6.45) is 1.74. The summed E-state index contributed by atoms with van der Waals surface area (Å²) >= 11 is 9.31. The molecule has 0 aliphatic rings. The van der Waals surface area contributed by atoms with Crippen LogP contribution in [0.5, 0.6) is 0 Å². The largest absolute Gasteiger partial charge is 0.397 e. The van der Waals surface area contributed by atoms with E-state index in [0.717, 1.165) is 15.4 Å². The molecular weight excluding hydrogens is 239 g/mol. The smallest absolute Gasteiger partial charge is 0.0665 e. The van der Waals surface area contributed by atoms with Gasteiger partial charge >= 0.3 is 0 Å². The number of nitrogens with two attached hydrogens (primary N) is 1. The summed E-state index contributed by atoms with van der Waals surface area (Å²) in [5.74, 6) is 0. The zero-order valence-corrected chi connectivity index (χ0v) is 8.41. The second kappa shape index (κ2) is 2.68. The number of hydrogen-bond acceptors (Lipinski definition) is 1. The Balaban J connectivity index is 2.92. The molecule has 1 aromatic carbocycles. The molecule has 4 heteroatoms. The number of benzene rings is 1. The van der Waals surface area contributed by atoms with E-state index in [0.29, 0.717) is 10.7 Å². The average Bonchev–Trinajstić information content (AvgIpc) is 2.33. The van der Waals surface area contributed by atoms with E-state index in [1.165, 1.54) is 0 Å². The highest BCUT2D eigenvalue weighted by atomic mass is 79.9. The van der Waals surface area contributed by atoms with Crippen LogP contribution in [-0.2, 0) is 0 Å². The van der Waals surface area contributed by atoms with Gasteiger partial charge in [-0.2, -0.15) is 0 Å². The Morgan fingerprint density at radius 2 is 2.17 bits per heavy atom. The van der Waals surface area contributed by atoms with Crippen LogP contribution in [-0.4, -0.2) is 4.98 Å². The van der Waals surface area contributed by atoms with Crippen molar-refractivity contribution in [3.05, 3.63) is 27.8 Å². The second-order valence-electron chi connectivity index (χ2n) is 2.55. The lowest BCUT2D eigenvalue weighted by atomic mass is 10.2. The van der Waals surface area contributed by atoms with Crippen molar-refractivity contribution < 1.29 is 0 Å².